The first kappa shape index (κ1) is 22.6. The van der Waals surface area contributed by atoms with Crippen molar-refractivity contribution in [3.05, 3.63) is 48.0 Å². The largest absolute Gasteiger partial charge is 0.394 e. The van der Waals surface area contributed by atoms with Crippen LogP contribution in [0, 0.1) is 0 Å². The standard InChI is InChI=1S/C22H29NO7/c1-2-3-4-5-6-9-12-29-22-17(19(26)18(25)16(13-24)30-22)23-20(27)14-10-7-8-11-15(14)21(23)28/h2,7-8,10-11,16-19,22,24-26H,1,3-6,9,12-13H2/t16-,17-,18-,19-,22-/m1/s1. The van der Waals surface area contributed by atoms with E-state index in [-0.39, 0.29) is 11.1 Å². The summed E-state index contributed by atoms with van der Waals surface area (Å²) in [5.41, 5.74) is 0.462. The van der Waals surface area contributed by atoms with Crippen LogP contribution in [0.3, 0.4) is 0 Å². The molecule has 1 aromatic carbocycles. The van der Waals surface area contributed by atoms with E-state index in [1.165, 1.54) is 12.1 Å². The molecule has 3 N–H and O–H groups in total. The zero-order valence-electron chi connectivity index (χ0n) is 16.9. The molecule has 5 atom stereocenters. The summed E-state index contributed by atoms with van der Waals surface area (Å²) in [5, 5.41) is 30.5. The lowest BCUT2D eigenvalue weighted by Crippen LogP contribution is -2.65. The van der Waals surface area contributed by atoms with E-state index in [4.69, 9.17) is 9.47 Å². The number of hydrogen-bond donors (Lipinski definition) is 3. The third-order valence-electron chi connectivity index (χ3n) is 5.56. The molecule has 3 rings (SSSR count). The predicted octanol–water partition coefficient (Wildman–Crippen LogP) is 1.24. The van der Waals surface area contributed by atoms with Gasteiger partial charge in [0.2, 0.25) is 0 Å². The van der Waals surface area contributed by atoms with Crippen LogP contribution in [0.1, 0.15) is 52.8 Å². The van der Waals surface area contributed by atoms with Crippen LogP contribution in [0.15, 0.2) is 36.9 Å². The number of allylic oxidation sites excluding steroid dienone is 1. The summed E-state index contributed by atoms with van der Waals surface area (Å²) in [6, 6.07) is 5.15. The molecule has 2 heterocycles. The molecule has 0 unspecified atom stereocenters. The highest BCUT2D eigenvalue weighted by Gasteiger charge is 2.53. The summed E-state index contributed by atoms with van der Waals surface area (Å²) < 4.78 is 11.4. The van der Waals surface area contributed by atoms with E-state index in [0.717, 1.165) is 37.0 Å². The molecule has 0 bridgehead atoms. The van der Waals surface area contributed by atoms with Gasteiger partial charge in [-0.2, -0.15) is 0 Å². The van der Waals surface area contributed by atoms with Crippen LogP contribution < -0.4 is 0 Å². The summed E-state index contributed by atoms with van der Waals surface area (Å²) in [6.07, 6.45) is 1.32. The molecule has 2 aliphatic heterocycles. The number of carbonyl (C=O) groups excluding carboxylic acids is 2. The van der Waals surface area contributed by atoms with E-state index >= 15 is 0 Å². The van der Waals surface area contributed by atoms with E-state index in [9.17, 15) is 24.9 Å². The van der Waals surface area contributed by atoms with Crippen LogP contribution >= 0.6 is 0 Å². The van der Waals surface area contributed by atoms with Crippen molar-refractivity contribution in [2.24, 2.45) is 0 Å². The number of ether oxygens (including phenoxy) is 2. The lowest BCUT2D eigenvalue weighted by Gasteiger charge is -2.44. The molecule has 8 heteroatoms. The maximum atomic E-state index is 12.9. The predicted molar refractivity (Wildman–Crippen MR) is 108 cm³/mol. The molecule has 0 spiro atoms. The minimum Gasteiger partial charge on any atom is -0.394 e. The van der Waals surface area contributed by atoms with E-state index in [1.54, 1.807) is 12.1 Å². The van der Waals surface area contributed by atoms with Crippen LogP contribution in [-0.2, 0) is 9.47 Å². The topological polar surface area (TPSA) is 117 Å². The highest BCUT2D eigenvalue weighted by atomic mass is 16.7. The fourth-order valence-electron chi connectivity index (χ4n) is 3.90. The Labute approximate surface area is 175 Å². The average Bonchev–Trinajstić information content (AvgIpc) is 3.00. The van der Waals surface area contributed by atoms with Crippen molar-refractivity contribution < 1.29 is 34.4 Å². The Kier molecular flexibility index (Phi) is 7.74. The Morgan fingerprint density at radius 3 is 2.27 bits per heavy atom. The van der Waals surface area contributed by atoms with Crippen LogP contribution in [0.4, 0.5) is 0 Å². The number of nitrogens with zero attached hydrogens (tertiary/aromatic N) is 1. The number of carbonyl (C=O) groups is 2. The lowest BCUT2D eigenvalue weighted by molar-refractivity contribution is -0.279. The first-order chi connectivity index (χ1) is 14.5. The van der Waals surface area contributed by atoms with Crippen LogP contribution in [0.2, 0.25) is 0 Å². The zero-order valence-corrected chi connectivity index (χ0v) is 16.9. The molecular weight excluding hydrogens is 390 g/mol. The highest BCUT2D eigenvalue weighted by Crippen LogP contribution is 2.32. The number of benzene rings is 1. The zero-order chi connectivity index (χ0) is 21.7. The second-order valence-electron chi connectivity index (χ2n) is 7.59. The van der Waals surface area contributed by atoms with Gasteiger partial charge in [0.15, 0.2) is 6.29 Å². The smallest absolute Gasteiger partial charge is 0.262 e. The molecule has 0 aliphatic carbocycles. The molecule has 2 aliphatic rings. The molecule has 1 fully saturated rings. The van der Waals surface area contributed by atoms with Crippen molar-refractivity contribution in [1.82, 2.24) is 4.90 Å². The van der Waals surface area contributed by atoms with Gasteiger partial charge in [0, 0.05) is 6.61 Å². The summed E-state index contributed by atoms with van der Waals surface area (Å²) in [4.78, 5) is 26.7. The fraction of sp³-hybridized carbons (Fsp3) is 0.545. The number of aliphatic hydroxyl groups is 3. The van der Waals surface area contributed by atoms with Crippen molar-refractivity contribution in [3.8, 4) is 0 Å². The average molecular weight is 419 g/mol. The van der Waals surface area contributed by atoms with Gasteiger partial charge in [0.25, 0.3) is 11.8 Å². The van der Waals surface area contributed by atoms with Crippen molar-refractivity contribution in [1.29, 1.82) is 0 Å². The first-order valence-corrected chi connectivity index (χ1v) is 10.3. The molecule has 0 radical (unpaired) electrons. The van der Waals surface area contributed by atoms with Crippen molar-refractivity contribution in [3.63, 3.8) is 0 Å². The van der Waals surface area contributed by atoms with Gasteiger partial charge < -0.3 is 24.8 Å². The molecule has 1 saturated heterocycles. The molecule has 2 amide bonds. The van der Waals surface area contributed by atoms with Crippen LogP contribution in [-0.4, -0.2) is 75.9 Å². The molecule has 8 nitrogen and oxygen atoms in total. The van der Waals surface area contributed by atoms with Gasteiger partial charge in [-0.05, 0) is 31.4 Å². The Morgan fingerprint density at radius 1 is 1.03 bits per heavy atom. The number of rotatable bonds is 10. The SMILES string of the molecule is C=CCCCCCCO[C@@H]1O[C@H](CO)[C@@H](O)[C@H](O)[C@H]1N1C(=O)c2ccccc2C1=O. The van der Waals surface area contributed by atoms with E-state index in [2.05, 4.69) is 6.58 Å². The van der Waals surface area contributed by atoms with Crippen molar-refractivity contribution in [2.45, 2.75) is 62.7 Å². The number of imide groups is 1. The lowest BCUT2D eigenvalue weighted by atomic mass is 9.95. The van der Waals surface area contributed by atoms with E-state index in [0.29, 0.717) is 6.61 Å². The quantitative estimate of drug-likeness (QED) is 0.297. The highest BCUT2D eigenvalue weighted by molar-refractivity contribution is 6.21. The second-order valence-corrected chi connectivity index (χ2v) is 7.59. The number of hydrogen-bond acceptors (Lipinski definition) is 7. The molecule has 1 aromatic rings. The van der Waals surface area contributed by atoms with Gasteiger partial charge in [-0.15, -0.1) is 6.58 Å². The van der Waals surface area contributed by atoms with E-state index < -0.39 is 49.1 Å². The number of aliphatic hydroxyl groups excluding tert-OH is 3. The Morgan fingerprint density at radius 2 is 1.67 bits per heavy atom. The van der Waals surface area contributed by atoms with Gasteiger partial charge in [0.05, 0.1) is 17.7 Å². The molecule has 0 saturated carbocycles. The minimum absolute atomic E-state index is 0.231. The second kappa shape index (κ2) is 10.3. The number of fused-ring (bicyclic) bond motifs is 1. The Bertz CT molecular complexity index is 733. The van der Waals surface area contributed by atoms with Gasteiger partial charge in [-0.25, -0.2) is 0 Å². The van der Waals surface area contributed by atoms with Gasteiger partial charge in [0.1, 0.15) is 24.4 Å². The molecule has 30 heavy (non-hydrogen) atoms. The monoisotopic (exact) mass is 419 g/mol. The van der Waals surface area contributed by atoms with Crippen LogP contribution in [0.25, 0.3) is 0 Å². The molecule has 0 aromatic heterocycles. The van der Waals surface area contributed by atoms with Crippen molar-refractivity contribution in [2.75, 3.05) is 13.2 Å². The summed E-state index contributed by atoms with van der Waals surface area (Å²) >= 11 is 0. The maximum absolute atomic E-state index is 12.9. The Hall–Kier alpha value is -2.10. The molecule has 164 valence electrons. The number of amides is 2. The molecular formula is C22H29NO7. The summed E-state index contributed by atoms with van der Waals surface area (Å²) in [5.74, 6) is -1.15. The first-order valence-electron chi connectivity index (χ1n) is 10.3. The third-order valence-corrected chi connectivity index (χ3v) is 5.56. The van der Waals surface area contributed by atoms with Gasteiger partial charge in [-0.1, -0.05) is 31.1 Å². The van der Waals surface area contributed by atoms with Gasteiger partial charge in [-0.3, -0.25) is 14.5 Å². The normalized spacial score (nSPS) is 28.6. The Balaban J connectivity index is 1.73. The van der Waals surface area contributed by atoms with Gasteiger partial charge >= 0.3 is 0 Å². The summed E-state index contributed by atoms with van der Waals surface area (Å²) in [7, 11) is 0. The fourth-order valence-corrected chi connectivity index (χ4v) is 3.90. The maximum Gasteiger partial charge on any atom is 0.262 e. The summed E-state index contributed by atoms with van der Waals surface area (Å²) in [6.45, 7) is 3.45. The third kappa shape index (κ3) is 4.48. The van der Waals surface area contributed by atoms with Crippen LogP contribution in [0.5, 0.6) is 0 Å². The van der Waals surface area contributed by atoms with Crippen molar-refractivity contribution >= 4 is 11.8 Å². The minimum atomic E-state index is -1.52. The van der Waals surface area contributed by atoms with E-state index in [1.807, 2.05) is 6.08 Å². The number of unbranched alkanes of at least 4 members (excludes halogenated alkanes) is 4.